The Balaban J connectivity index is 1.60. The van der Waals surface area contributed by atoms with Crippen LogP contribution in [0, 0.1) is 0 Å². The molecule has 2 aliphatic rings. The first-order chi connectivity index (χ1) is 10.3. The summed E-state index contributed by atoms with van der Waals surface area (Å²) in [5.74, 6) is 0.0892. The number of carbonyl (C=O) groups is 1. The SMILES string of the molecule is CCN1CCCC1CNC(=O)c1ccc2c(c1)CCCC2. The summed E-state index contributed by atoms with van der Waals surface area (Å²) in [4.78, 5) is 14.8. The van der Waals surface area contributed by atoms with Crippen LogP contribution in [0.5, 0.6) is 0 Å². The van der Waals surface area contributed by atoms with Gasteiger partial charge < -0.3 is 5.32 Å². The number of nitrogens with zero attached hydrogens (tertiary/aromatic N) is 1. The molecular weight excluding hydrogens is 260 g/mol. The second-order valence-corrected chi connectivity index (χ2v) is 6.33. The van der Waals surface area contributed by atoms with Crippen LogP contribution in [0.4, 0.5) is 0 Å². The summed E-state index contributed by atoms with van der Waals surface area (Å²) < 4.78 is 0. The van der Waals surface area contributed by atoms with E-state index >= 15 is 0 Å². The van der Waals surface area contributed by atoms with E-state index in [-0.39, 0.29) is 5.91 Å². The van der Waals surface area contributed by atoms with Crippen molar-refractivity contribution in [1.29, 1.82) is 0 Å². The Labute approximate surface area is 127 Å². The second-order valence-electron chi connectivity index (χ2n) is 6.33. The molecule has 0 aromatic heterocycles. The van der Waals surface area contributed by atoms with Crippen molar-refractivity contribution in [2.75, 3.05) is 19.6 Å². The summed E-state index contributed by atoms with van der Waals surface area (Å²) in [5.41, 5.74) is 3.65. The highest BCUT2D eigenvalue weighted by Crippen LogP contribution is 2.22. The number of benzene rings is 1. The summed E-state index contributed by atoms with van der Waals surface area (Å²) in [6.45, 7) is 5.24. The first kappa shape index (κ1) is 14.6. The minimum Gasteiger partial charge on any atom is -0.350 e. The molecule has 1 aliphatic heterocycles. The zero-order valence-corrected chi connectivity index (χ0v) is 13.0. The van der Waals surface area contributed by atoms with Gasteiger partial charge in [-0.15, -0.1) is 0 Å². The van der Waals surface area contributed by atoms with E-state index in [9.17, 15) is 4.79 Å². The molecule has 3 nitrogen and oxygen atoms in total. The molecule has 1 amide bonds. The molecule has 0 saturated carbocycles. The van der Waals surface area contributed by atoms with Crippen LogP contribution in [0.3, 0.4) is 0 Å². The number of likely N-dealkylation sites (tertiary alicyclic amines) is 1. The number of hydrogen-bond acceptors (Lipinski definition) is 2. The predicted octanol–water partition coefficient (Wildman–Crippen LogP) is 2.78. The second kappa shape index (κ2) is 6.61. The van der Waals surface area contributed by atoms with Gasteiger partial charge in [0.25, 0.3) is 5.91 Å². The van der Waals surface area contributed by atoms with Crippen LogP contribution in [0.2, 0.25) is 0 Å². The first-order valence-electron chi connectivity index (χ1n) is 8.42. The molecule has 0 radical (unpaired) electrons. The van der Waals surface area contributed by atoms with Crippen LogP contribution in [0.25, 0.3) is 0 Å². The molecule has 1 aliphatic carbocycles. The van der Waals surface area contributed by atoms with Crippen LogP contribution in [0.15, 0.2) is 18.2 Å². The lowest BCUT2D eigenvalue weighted by atomic mass is 9.90. The van der Waals surface area contributed by atoms with E-state index in [4.69, 9.17) is 0 Å². The third kappa shape index (κ3) is 3.29. The molecule has 1 aromatic carbocycles. The van der Waals surface area contributed by atoms with Gasteiger partial charge in [0.2, 0.25) is 0 Å². The molecule has 3 rings (SSSR count). The van der Waals surface area contributed by atoms with E-state index < -0.39 is 0 Å². The molecule has 1 fully saturated rings. The average Bonchev–Trinajstić information content (AvgIpc) is 2.99. The number of fused-ring (bicyclic) bond motifs is 1. The normalized spacial score (nSPS) is 22.0. The van der Waals surface area contributed by atoms with Crippen molar-refractivity contribution >= 4 is 5.91 Å². The highest BCUT2D eigenvalue weighted by atomic mass is 16.1. The Morgan fingerprint density at radius 2 is 2.05 bits per heavy atom. The van der Waals surface area contributed by atoms with Gasteiger partial charge >= 0.3 is 0 Å². The number of hydrogen-bond donors (Lipinski definition) is 1. The molecular formula is C18H26N2O. The van der Waals surface area contributed by atoms with Crippen LogP contribution < -0.4 is 5.32 Å². The fourth-order valence-corrected chi connectivity index (χ4v) is 3.73. The van der Waals surface area contributed by atoms with Crippen molar-refractivity contribution in [1.82, 2.24) is 10.2 Å². The molecule has 114 valence electrons. The Kier molecular flexibility index (Phi) is 4.59. The van der Waals surface area contributed by atoms with Gasteiger partial charge in [0.15, 0.2) is 0 Å². The third-order valence-electron chi connectivity index (χ3n) is 5.01. The van der Waals surface area contributed by atoms with Crippen LogP contribution in [0.1, 0.15) is 54.1 Å². The van der Waals surface area contributed by atoms with E-state index in [1.807, 2.05) is 6.07 Å². The predicted molar refractivity (Wildman–Crippen MR) is 85.7 cm³/mol. The Morgan fingerprint density at radius 3 is 2.86 bits per heavy atom. The molecule has 3 heteroatoms. The standard InChI is InChI=1S/C18H26N2O/c1-2-20-11-5-8-17(20)13-19-18(21)16-10-9-14-6-3-4-7-15(14)12-16/h9-10,12,17H,2-8,11,13H2,1H3,(H,19,21). The number of amides is 1. The van der Waals surface area contributed by atoms with Crippen molar-refractivity contribution in [3.05, 3.63) is 34.9 Å². The summed E-state index contributed by atoms with van der Waals surface area (Å²) >= 11 is 0. The van der Waals surface area contributed by atoms with Gasteiger partial charge in [-0.2, -0.15) is 0 Å². The zero-order valence-electron chi connectivity index (χ0n) is 13.0. The van der Waals surface area contributed by atoms with Gasteiger partial charge in [-0.1, -0.05) is 13.0 Å². The maximum atomic E-state index is 12.4. The van der Waals surface area contributed by atoms with Gasteiger partial charge in [0.1, 0.15) is 0 Å². The zero-order chi connectivity index (χ0) is 14.7. The van der Waals surface area contributed by atoms with E-state index in [0.29, 0.717) is 6.04 Å². The Bertz CT molecular complexity index is 512. The number of rotatable bonds is 4. The summed E-state index contributed by atoms with van der Waals surface area (Å²) in [6.07, 6.45) is 7.30. The van der Waals surface area contributed by atoms with Gasteiger partial charge in [-0.05, 0) is 74.9 Å². The van der Waals surface area contributed by atoms with Crippen LogP contribution in [-0.2, 0) is 12.8 Å². The van der Waals surface area contributed by atoms with E-state index in [1.165, 1.54) is 49.8 Å². The fraction of sp³-hybridized carbons (Fsp3) is 0.611. The lowest BCUT2D eigenvalue weighted by Gasteiger charge is -2.23. The largest absolute Gasteiger partial charge is 0.350 e. The molecule has 1 N–H and O–H groups in total. The van der Waals surface area contributed by atoms with Crippen LogP contribution >= 0.6 is 0 Å². The van der Waals surface area contributed by atoms with Gasteiger partial charge in [-0.3, -0.25) is 9.69 Å². The maximum absolute atomic E-state index is 12.4. The summed E-state index contributed by atoms with van der Waals surface area (Å²) in [6, 6.07) is 6.77. The van der Waals surface area contributed by atoms with Crippen molar-refractivity contribution in [2.24, 2.45) is 0 Å². The van der Waals surface area contributed by atoms with Crippen molar-refractivity contribution in [3.8, 4) is 0 Å². The number of carbonyl (C=O) groups excluding carboxylic acids is 1. The lowest BCUT2D eigenvalue weighted by Crippen LogP contribution is -2.40. The molecule has 0 bridgehead atoms. The number of likely N-dealkylation sites (N-methyl/N-ethyl adjacent to an activating group) is 1. The van der Waals surface area contributed by atoms with E-state index in [0.717, 1.165) is 25.1 Å². The maximum Gasteiger partial charge on any atom is 0.251 e. The minimum absolute atomic E-state index is 0.0892. The Morgan fingerprint density at radius 1 is 1.24 bits per heavy atom. The topological polar surface area (TPSA) is 32.3 Å². The van der Waals surface area contributed by atoms with Gasteiger partial charge in [0, 0.05) is 18.2 Å². The number of nitrogens with one attached hydrogen (secondary N) is 1. The quantitative estimate of drug-likeness (QED) is 0.923. The van der Waals surface area contributed by atoms with E-state index in [1.54, 1.807) is 0 Å². The van der Waals surface area contributed by atoms with Gasteiger partial charge in [0.05, 0.1) is 0 Å². The first-order valence-corrected chi connectivity index (χ1v) is 8.42. The van der Waals surface area contributed by atoms with E-state index in [2.05, 4.69) is 29.3 Å². The van der Waals surface area contributed by atoms with Crippen molar-refractivity contribution in [2.45, 2.75) is 51.5 Å². The number of aryl methyl sites for hydroxylation is 2. The highest BCUT2D eigenvalue weighted by Gasteiger charge is 2.23. The molecule has 1 unspecified atom stereocenters. The molecule has 21 heavy (non-hydrogen) atoms. The summed E-state index contributed by atoms with van der Waals surface area (Å²) in [7, 11) is 0. The molecule has 1 aromatic rings. The smallest absolute Gasteiger partial charge is 0.251 e. The summed E-state index contributed by atoms with van der Waals surface area (Å²) in [5, 5.41) is 3.13. The Hall–Kier alpha value is -1.35. The molecule has 1 heterocycles. The van der Waals surface area contributed by atoms with Crippen LogP contribution in [-0.4, -0.2) is 36.5 Å². The molecule has 1 saturated heterocycles. The fourth-order valence-electron chi connectivity index (χ4n) is 3.73. The van der Waals surface area contributed by atoms with Crippen molar-refractivity contribution < 1.29 is 4.79 Å². The molecule has 1 atom stereocenters. The minimum atomic E-state index is 0.0892. The third-order valence-corrected chi connectivity index (χ3v) is 5.01. The highest BCUT2D eigenvalue weighted by molar-refractivity contribution is 5.94. The van der Waals surface area contributed by atoms with Crippen molar-refractivity contribution in [3.63, 3.8) is 0 Å². The monoisotopic (exact) mass is 286 g/mol. The molecule has 0 spiro atoms. The van der Waals surface area contributed by atoms with Gasteiger partial charge in [-0.25, -0.2) is 0 Å². The lowest BCUT2D eigenvalue weighted by molar-refractivity contribution is 0.0941. The average molecular weight is 286 g/mol.